The summed E-state index contributed by atoms with van der Waals surface area (Å²) in [6, 6.07) is 22.2. The second-order valence-corrected chi connectivity index (χ2v) is 11.0. The van der Waals surface area contributed by atoms with Crippen molar-refractivity contribution >= 4 is 27.5 Å². The van der Waals surface area contributed by atoms with Crippen molar-refractivity contribution in [3.05, 3.63) is 95.6 Å². The van der Waals surface area contributed by atoms with Crippen molar-refractivity contribution < 1.29 is 18.0 Å². The van der Waals surface area contributed by atoms with Crippen LogP contribution in [0.3, 0.4) is 0 Å². The molecule has 0 bridgehead atoms. The van der Waals surface area contributed by atoms with E-state index >= 15 is 0 Å². The molecule has 1 N–H and O–H groups in total. The highest BCUT2D eigenvalue weighted by atomic mass is 32.2. The fourth-order valence-corrected chi connectivity index (χ4v) is 5.76. The molecule has 202 valence electrons. The van der Waals surface area contributed by atoms with Crippen molar-refractivity contribution in [3.63, 3.8) is 0 Å². The maximum absolute atomic E-state index is 14.0. The molecule has 7 nitrogen and oxygen atoms in total. The van der Waals surface area contributed by atoms with Gasteiger partial charge in [-0.1, -0.05) is 68.4 Å². The van der Waals surface area contributed by atoms with Crippen LogP contribution in [0.4, 0.5) is 5.69 Å². The van der Waals surface area contributed by atoms with E-state index in [4.69, 9.17) is 0 Å². The van der Waals surface area contributed by atoms with Crippen molar-refractivity contribution in [3.8, 4) is 0 Å². The smallest absolute Gasteiger partial charge is 0.264 e. The number of aryl methyl sites for hydroxylation is 2. The third-order valence-electron chi connectivity index (χ3n) is 6.58. The number of hydrogen-bond acceptors (Lipinski definition) is 4. The third kappa shape index (κ3) is 6.81. The van der Waals surface area contributed by atoms with Crippen LogP contribution < -0.4 is 9.62 Å². The minimum absolute atomic E-state index is 0.0913. The third-order valence-corrected chi connectivity index (χ3v) is 8.37. The van der Waals surface area contributed by atoms with Crippen molar-refractivity contribution in [2.45, 2.75) is 58.0 Å². The molecule has 0 heterocycles. The molecule has 0 spiro atoms. The lowest BCUT2D eigenvalue weighted by atomic mass is 10.1. The lowest BCUT2D eigenvalue weighted by molar-refractivity contribution is -0.140. The summed E-state index contributed by atoms with van der Waals surface area (Å²) in [4.78, 5) is 28.6. The van der Waals surface area contributed by atoms with Crippen LogP contribution in [0.5, 0.6) is 0 Å². The zero-order valence-electron chi connectivity index (χ0n) is 22.6. The second kappa shape index (κ2) is 13.2. The average Bonchev–Trinajstić information content (AvgIpc) is 2.93. The van der Waals surface area contributed by atoms with Gasteiger partial charge in [-0.3, -0.25) is 13.9 Å². The van der Waals surface area contributed by atoms with Crippen molar-refractivity contribution in [2.24, 2.45) is 0 Å². The maximum Gasteiger partial charge on any atom is 0.264 e. The van der Waals surface area contributed by atoms with E-state index < -0.39 is 28.5 Å². The van der Waals surface area contributed by atoms with Gasteiger partial charge in [0.25, 0.3) is 10.0 Å². The van der Waals surface area contributed by atoms with Crippen LogP contribution in [-0.4, -0.2) is 44.3 Å². The summed E-state index contributed by atoms with van der Waals surface area (Å²) in [6.45, 7) is 7.82. The van der Waals surface area contributed by atoms with E-state index in [2.05, 4.69) is 5.32 Å². The Kier molecular flexibility index (Phi) is 10.1. The molecular weight excluding hydrogens is 498 g/mol. The van der Waals surface area contributed by atoms with E-state index in [1.807, 2.05) is 64.1 Å². The Morgan fingerprint density at radius 3 is 2.08 bits per heavy atom. The molecule has 3 aromatic rings. The Hall–Kier alpha value is -3.65. The lowest BCUT2D eigenvalue weighted by Gasteiger charge is -2.33. The molecule has 3 aromatic carbocycles. The largest absolute Gasteiger partial charge is 0.355 e. The predicted molar refractivity (Wildman–Crippen MR) is 151 cm³/mol. The summed E-state index contributed by atoms with van der Waals surface area (Å²) < 4.78 is 28.8. The molecule has 0 aliphatic carbocycles. The van der Waals surface area contributed by atoms with Gasteiger partial charge in [0.1, 0.15) is 12.6 Å². The monoisotopic (exact) mass is 535 g/mol. The molecule has 1 unspecified atom stereocenters. The molecule has 0 aromatic heterocycles. The summed E-state index contributed by atoms with van der Waals surface area (Å²) in [5.74, 6) is -0.716. The minimum Gasteiger partial charge on any atom is -0.355 e. The number of nitrogens with one attached hydrogen (secondary N) is 1. The van der Waals surface area contributed by atoms with Crippen LogP contribution in [0.1, 0.15) is 43.9 Å². The highest BCUT2D eigenvalue weighted by Gasteiger charge is 2.33. The molecule has 0 saturated heterocycles. The van der Waals surface area contributed by atoms with Gasteiger partial charge in [-0.2, -0.15) is 0 Å². The molecule has 3 rings (SSSR count). The van der Waals surface area contributed by atoms with Gasteiger partial charge in [0.15, 0.2) is 0 Å². The van der Waals surface area contributed by atoms with Crippen LogP contribution in [0, 0.1) is 6.92 Å². The van der Waals surface area contributed by atoms with Gasteiger partial charge >= 0.3 is 0 Å². The standard InChI is InChI=1S/C30H37N3O4S/c1-5-24-17-19-26(20-18-24)33(38(36,37)27-15-9-8-10-16-27)22-29(34)32(28(6-2)30(35)31-7-3)21-25-14-12-11-13-23(25)4/h8-20,28H,5-7,21-22H2,1-4H3,(H,31,35). The molecule has 0 aliphatic heterocycles. The van der Waals surface area contributed by atoms with Gasteiger partial charge in [-0.15, -0.1) is 0 Å². The number of amides is 2. The molecule has 2 amide bonds. The fraction of sp³-hybridized carbons (Fsp3) is 0.333. The van der Waals surface area contributed by atoms with Crippen LogP contribution in [0.15, 0.2) is 83.8 Å². The summed E-state index contributed by atoms with van der Waals surface area (Å²) >= 11 is 0. The molecule has 38 heavy (non-hydrogen) atoms. The van der Waals surface area contributed by atoms with E-state index in [-0.39, 0.29) is 17.3 Å². The maximum atomic E-state index is 14.0. The topological polar surface area (TPSA) is 86.8 Å². The van der Waals surface area contributed by atoms with Crippen LogP contribution >= 0.6 is 0 Å². The first-order chi connectivity index (χ1) is 18.2. The molecule has 1 atom stereocenters. The Bertz CT molecular complexity index is 1330. The summed E-state index contributed by atoms with van der Waals surface area (Å²) in [6.07, 6.45) is 1.19. The van der Waals surface area contributed by atoms with Gasteiger partial charge in [0.2, 0.25) is 11.8 Å². The fourth-order valence-electron chi connectivity index (χ4n) is 4.33. The minimum atomic E-state index is -4.06. The number of nitrogens with zero attached hydrogens (tertiary/aromatic N) is 2. The number of likely N-dealkylation sites (N-methyl/N-ethyl adjacent to an activating group) is 1. The van der Waals surface area contributed by atoms with Crippen LogP contribution in [0.25, 0.3) is 0 Å². The molecular formula is C30H37N3O4S. The van der Waals surface area contributed by atoms with Gasteiger partial charge < -0.3 is 10.2 Å². The first-order valence-electron chi connectivity index (χ1n) is 13.0. The Morgan fingerprint density at radius 2 is 1.50 bits per heavy atom. The SMILES string of the molecule is CCNC(=O)C(CC)N(Cc1ccccc1C)C(=O)CN(c1ccc(CC)cc1)S(=O)(=O)c1ccccc1. The summed E-state index contributed by atoms with van der Waals surface area (Å²) in [5.41, 5.74) is 3.33. The van der Waals surface area contributed by atoms with Crippen molar-refractivity contribution in [1.82, 2.24) is 10.2 Å². The van der Waals surface area contributed by atoms with E-state index in [1.54, 1.807) is 30.3 Å². The number of rotatable bonds is 12. The highest BCUT2D eigenvalue weighted by Crippen LogP contribution is 2.25. The van der Waals surface area contributed by atoms with Crippen LogP contribution in [0.2, 0.25) is 0 Å². The van der Waals surface area contributed by atoms with Gasteiger partial charge in [-0.25, -0.2) is 8.42 Å². The van der Waals surface area contributed by atoms with Crippen molar-refractivity contribution in [1.29, 1.82) is 0 Å². The zero-order chi connectivity index (χ0) is 27.7. The average molecular weight is 536 g/mol. The quantitative estimate of drug-likeness (QED) is 0.364. The van der Waals surface area contributed by atoms with E-state index in [0.29, 0.717) is 18.7 Å². The molecule has 0 fully saturated rings. The van der Waals surface area contributed by atoms with Gasteiger partial charge in [0, 0.05) is 13.1 Å². The molecule has 8 heteroatoms. The Morgan fingerprint density at radius 1 is 0.868 bits per heavy atom. The predicted octanol–water partition coefficient (Wildman–Crippen LogP) is 4.70. The lowest BCUT2D eigenvalue weighted by Crippen LogP contribution is -2.52. The molecule has 0 radical (unpaired) electrons. The number of sulfonamides is 1. The van der Waals surface area contributed by atoms with Gasteiger partial charge in [-0.05, 0) is 67.6 Å². The number of anilines is 1. The Labute approximate surface area is 226 Å². The normalized spacial score (nSPS) is 12.0. The summed E-state index contributed by atoms with van der Waals surface area (Å²) in [5, 5.41) is 2.82. The molecule has 0 saturated carbocycles. The summed E-state index contributed by atoms with van der Waals surface area (Å²) in [7, 11) is -4.06. The number of benzene rings is 3. The van der Waals surface area contributed by atoms with Crippen LogP contribution in [-0.2, 0) is 32.6 Å². The van der Waals surface area contributed by atoms with E-state index in [1.165, 1.54) is 17.0 Å². The first-order valence-corrected chi connectivity index (χ1v) is 14.4. The van der Waals surface area contributed by atoms with E-state index in [0.717, 1.165) is 27.4 Å². The zero-order valence-corrected chi connectivity index (χ0v) is 23.4. The second-order valence-electron chi connectivity index (χ2n) is 9.11. The van der Waals surface area contributed by atoms with E-state index in [9.17, 15) is 18.0 Å². The highest BCUT2D eigenvalue weighted by molar-refractivity contribution is 7.92. The number of carbonyl (C=O) groups excluding carboxylic acids is 2. The first kappa shape index (κ1) is 28.9. The van der Waals surface area contributed by atoms with Gasteiger partial charge in [0.05, 0.1) is 10.6 Å². The Balaban J connectivity index is 2.06. The molecule has 0 aliphatic rings. The number of hydrogen-bond donors (Lipinski definition) is 1. The van der Waals surface area contributed by atoms with Crippen molar-refractivity contribution in [2.75, 3.05) is 17.4 Å². The number of carbonyl (C=O) groups is 2.